The van der Waals surface area contributed by atoms with E-state index >= 15 is 0 Å². The minimum absolute atomic E-state index is 0.00346. The number of para-hydroxylation sites is 1. The van der Waals surface area contributed by atoms with Crippen molar-refractivity contribution in [2.24, 2.45) is 5.92 Å². The van der Waals surface area contributed by atoms with Crippen molar-refractivity contribution in [3.63, 3.8) is 0 Å². The molecule has 0 bridgehead atoms. The summed E-state index contributed by atoms with van der Waals surface area (Å²) >= 11 is 0. The van der Waals surface area contributed by atoms with Crippen LogP contribution in [0.1, 0.15) is 5.56 Å². The van der Waals surface area contributed by atoms with E-state index in [0.717, 1.165) is 11.3 Å². The molecular weight excluding hydrogens is 366 g/mol. The maximum absolute atomic E-state index is 12.9. The third kappa shape index (κ3) is 3.58. The SMILES string of the molecule is CN(C)[C@@H]1CS(=O)(=O)[C@H]2CN(C(=O)CN3CCOc4ccccc4C3)C[C@@H]12. The standard InChI is InChI=1S/C19H27N3O4S/c1-20(2)16-13-27(24,25)18-11-22(10-15(16)18)19(23)12-21-7-8-26-17-6-4-3-5-14(17)9-21/h3-6,15-16,18H,7-13H2,1-2H3/t15-,16+,18-/m0/s1. The Morgan fingerprint density at radius 3 is 2.81 bits per heavy atom. The highest BCUT2D eigenvalue weighted by molar-refractivity contribution is 7.92. The predicted octanol–water partition coefficient (Wildman–Crippen LogP) is 0.0666. The zero-order chi connectivity index (χ0) is 19.2. The monoisotopic (exact) mass is 393 g/mol. The predicted molar refractivity (Wildman–Crippen MR) is 102 cm³/mol. The van der Waals surface area contributed by atoms with Crippen molar-refractivity contribution in [2.45, 2.75) is 17.8 Å². The molecule has 0 unspecified atom stereocenters. The number of likely N-dealkylation sites (tertiary alicyclic amines) is 1. The fraction of sp³-hybridized carbons (Fsp3) is 0.632. The number of rotatable bonds is 3. The Balaban J connectivity index is 1.43. The van der Waals surface area contributed by atoms with Crippen LogP contribution >= 0.6 is 0 Å². The topological polar surface area (TPSA) is 70.2 Å². The number of hydrogen-bond donors (Lipinski definition) is 0. The zero-order valence-corrected chi connectivity index (χ0v) is 16.7. The molecule has 1 aromatic carbocycles. The molecule has 8 heteroatoms. The minimum atomic E-state index is -3.13. The third-order valence-electron chi connectivity index (χ3n) is 6.07. The van der Waals surface area contributed by atoms with Crippen LogP contribution in [0.3, 0.4) is 0 Å². The highest BCUT2D eigenvalue weighted by atomic mass is 32.2. The van der Waals surface area contributed by atoms with Crippen molar-refractivity contribution in [3.8, 4) is 5.75 Å². The first kappa shape index (κ1) is 18.7. The Morgan fingerprint density at radius 1 is 1.26 bits per heavy atom. The second-order valence-corrected chi connectivity index (χ2v) is 10.3. The highest BCUT2D eigenvalue weighted by Gasteiger charge is 2.53. The van der Waals surface area contributed by atoms with E-state index in [4.69, 9.17) is 4.74 Å². The number of sulfone groups is 1. The van der Waals surface area contributed by atoms with Gasteiger partial charge in [-0.05, 0) is 20.2 Å². The van der Waals surface area contributed by atoms with Crippen molar-refractivity contribution in [3.05, 3.63) is 29.8 Å². The van der Waals surface area contributed by atoms with Crippen LogP contribution in [0.5, 0.6) is 5.75 Å². The smallest absolute Gasteiger partial charge is 0.236 e. The molecule has 0 radical (unpaired) electrons. The average Bonchev–Trinajstić information content (AvgIpc) is 3.08. The van der Waals surface area contributed by atoms with Crippen LogP contribution in [-0.4, -0.2) is 93.0 Å². The van der Waals surface area contributed by atoms with Gasteiger partial charge in [0.2, 0.25) is 5.91 Å². The van der Waals surface area contributed by atoms with Crippen LogP contribution in [0.2, 0.25) is 0 Å². The molecule has 3 atom stereocenters. The van der Waals surface area contributed by atoms with Crippen molar-refractivity contribution < 1.29 is 17.9 Å². The molecule has 3 aliphatic rings. The van der Waals surface area contributed by atoms with Gasteiger partial charge in [-0.25, -0.2) is 8.42 Å². The lowest BCUT2D eigenvalue weighted by atomic mass is 10.00. The van der Waals surface area contributed by atoms with E-state index < -0.39 is 15.1 Å². The van der Waals surface area contributed by atoms with Gasteiger partial charge in [0, 0.05) is 43.7 Å². The Bertz CT molecular complexity index is 826. The number of carbonyl (C=O) groups is 1. The van der Waals surface area contributed by atoms with Crippen LogP contribution in [-0.2, 0) is 21.2 Å². The summed E-state index contributed by atoms with van der Waals surface area (Å²) in [4.78, 5) is 18.7. The molecule has 2 fully saturated rings. The Labute approximate surface area is 160 Å². The average molecular weight is 394 g/mol. The molecule has 1 aromatic rings. The first-order valence-electron chi connectivity index (χ1n) is 9.44. The molecule has 0 spiro atoms. The molecule has 4 rings (SSSR count). The van der Waals surface area contributed by atoms with Gasteiger partial charge in [-0.15, -0.1) is 0 Å². The van der Waals surface area contributed by atoms with Crippen LogP contribution < -0.4 is 4.74 Å². The normalized spacial score (nSPS) is 29.9. The summed E-state index contributed by atoms with van der Waals surface area (Å²) in [5.41, 5.74) is 1.08. The van der Waals surface area contributed by atoms with Gasteiger partial charge in [-0.2, -0.15) is 0 Å². The van der Waals surface area contributed by atoms with E-state index in [-0.39, 0.29) is 23.6 Å². The van der Waals surface area contributed by atoms with E-state index in [0.29, 0.717) is 39.3 Å². The summed E-state index contributed by atoms with van der Waals surface area (Å²) in [5, 5.41) is -0.415. The van der Waals surface area contributed by atoms with Gasteiger partial charge < -0.3 is 14.5 Å². The molecule has 0 saturated carbocycles. The second-order valence-electron chi connectivity index (χ2n) is 8.03. The molecular formula is C19H27N3O4S. The highest BCUT2D eigenvalue weighted by Crippen LogP contribution is 2.36. The van der Waals surface area contributed by atoms with Crippen molar-refractivity contribution in [2.75, 3.05) is 52.6 Å². The summed E-state index contributed by atoms with van der Waals surface area (Å²) in [6, 6.07) is 7.89. The maximum Gasteiger partial charge on any atom is 0.236 e. The third-order valence-corrected chi connectivity index (χ3v) is 8.30. The number of amides is 1. The number of carbonyl (C=O) groups excluding carboxylic acids is 1. The van der Waals surface area contributed by atoms with Gasteiger partial charge >= 0.3 is 0 Å². The van der Waals surface area contributed by atoms with E-state index in [1.165, 1.54) is 0 Å². The molecule has 27 heavy (non-hydrogen) atoms. The molecule has 3 aliphatic heterocycles. The number of ether oxygens (including phenoxy) is 1. The minimum Gasteiger partial charge on any atom is -0.492 e. The zero-order valence-electron chi connectivity index (χ0n) is 15.9. The molecule has 0 aromatic heterocycles. The molecule has 0 N–H and O–H groups in total. The summed E-state index contributed by atoms with van der Waals surface area (Å²) in [5.74, 6) is 1.11. The van der Waals surface area contributed by atoms with E-state index in [2.05, 4.69) is 4.90 Å². The van der Waals surface area contributed by atoms with E-state index in [1.807, 2.05) is 43.3 Å². The first-order valence-corrected chi connectivity index (χ1v) is 11.2. The molecule has 148 valence electrons. The summed E-state index contributed by atoms with van der Waals surface area (Å²) < 4.78 is 30.8. The van der Waals surface area contributed by atoms with Gasteiger partial charge in [0.25, 0.3) is 0 Å². The van der Waals surface area contributed by atoms with Crippen molar-refractivity contribution >= 4 is 15.7 Å². The number of fused-ring (bicyclic) bond motifs is 2. The molecule has 2 saturated heterocycles. The summed E-state index contributed by atoms with van der Waals surface area (Å²) in [6.07, 6.45) is 0. The molecule has 7 nitrogen and oxygen atoms in total. The van der Waals surface area contributed by atoms with Crippen LogP contribution in [0.4, 0.5) is 0 Å². The van der Waals surface area contributed by atoms with Crippen molar-refractivity contribution in [1.82, 2.24) is 14.7 Å². The van der Waals surface area contributed by atoms with Gasteiger partial charge in [0.1, 0.15) is 12.4 Å². The lowest BCUT2D eigenvalue weighted by Gasteiger charge is -2.26. The van der Waals surface area contributed by atoms with Crippen LogP contribution in [0.15, 0.2) is 24.3 Å². The van der Waals surface area contributed by atoms with E-state index in [9.17, 15) is 13.2 Å². The van der Waals surface area contributed by atoms with Gasteiger partial charge in [-0.3, -0.25) is 9.69 Å². The Kier molecular flexibility index (Phi) is 4.90. The lowest BCUT2D eigenvalue weighted by molar-refractivity contribution is -0.131. The van der Waals surface area contributed by atoms with E-state index in [1.54, 1.807) is 4.90 Å². The van der Waals surface area contributed by atoms with Gasteiger partial charge in [-0.1, -0.05) is 18.2 Å². The quantitative estimate of drug-likeness (QED) is 0.724. The second kappa shape index (κ2) is 7.07. The summed E-state index contributed by atoms with van der Waals surface area (Å²) in [7, 11) is 0.704. The van der Waals surface area contributed by atoms with Crippen molar-refractivity contribution in [1.29, 1.82) is 0 Å². The first-order chi connectivity index (χ1) is 12.8. The Hall–Kier alpha value is -1.64. The van der Waals surface area contributed by atoms with Gasteiger partial charge in [0.05, 0.1) is 17.5 Å². The number of hydrogen-bond acceptors (Lipinski definition) is 6. The fourth-order valence-corrected chi connectivity index (χ4v) is 7.05. The molecule has 3 heterocycles. The Morgan fingerprint density at radius 2 is 2.04 bits per heavy atom. The lowest BCUT2D eigenvalue weighted by Crippen LogP contribution is -2.42. The fourth-order valence-electron chi connectivity index (χ4n) is 4.58. The van der Waals surface area contributed by atoms with Gasteiger partial charge in [0.15, 0.2) is 9.84 Å². The molecule has 0 aliphatic carbocycles. The van der Waals surface area contributed by atoms with Crippen LogP contribution in [0.25, 0.3) is 0 Å². The van der Waals surface area contributed by atoms with Crippen LogP contribution in [0, 0.1) is 5.92 Å². The summed E-state index contributed by atoms with van der Waals surface area (Å²) in [6.45, 7) is 3.06. The molecule has 1 amide bonds. The maximum atomic E-state index is 12.9. The number of benzene rings is 1. The largest absolute Gasteiger partial charge is 0.492 e. The number of nitrogens with zero attached hydrogens (tertiary/aromatic N) is 3.